The molecule has 2 N–H and O–H groups in total. The van der Waals surface area contributed by atoms with Crippen LogP contribution in [0.25, 0.3) is 0 Å². The summed E-state index contributed by atoms with van der Waals surface area (Å²) in [5.41, 5.74) is 0.456. The molecule has 0 saturated carbocycles. The predicted molar refractivity (Wildman–Crippen MR) is 121 cm³/mol. The van der Waals surface area contributed by atoms with Crippen LogP contribution in [0.3, 0.4) is 0 Å². The van der Waals surface area contributed by atoms with Crippen molar-refractivity contribution in [1.82, 2.24) is 9.62 Å². The van der Waals surface area contributed by atoms with Gasteiger partial charge in [0.15, 0.2) is 0 Å². The van der Waals surface area contributed by atoms with E-state index in [1.807, 2.05) is 0 Å². The number of sulfonamides is 1. The van der Waals surface area contributed by atoms with Crippen LogP contribution in [0.5, 0.6) is 0 Å². The number of hydrogen-bond acceptors (Lipinski definition) is 4. The third kappa shape index (κ3) is 6.20. The van der Waals surface area contributed by atoms with Crippen molar-refractivity contribution in [3.8, 4) is 0 Å². The Morgan fingerprint density at radius 1 is 0.935 bits per heavy atom. The maximum absolute atomic E-state index is 13.1. The van der Waals surface area contributed by atoms with Gasteiger partial charge in [0.2, 0.25) is 10.0 Å². The van der Waals surface area contributed by atoms with Crippen LogP contribution < -0.4 is 10.6 Å². The second-order valence-corrected chi connectivity index (χ2v) is 9.99. The van der Waals surface area contributed by atoms with Crippen LogP contribution in [0.15, 0.2) is 53.4 Å². The van der Waals surface area contributed by atoms with Crippen LogP contribution in [-0.2, 0) is 19.6 Å². The first-order chi connectivity index (χ1) is 14.8. The van der Waals surface area contributed by atoms with Gasteiger partial charge in [-0.3, -0.25) is 9.59 Å². The van der Waals surface area contributed by atoms with Gasteiger partial charge in [-0.2, -0.15) is 4.31 Å². The summed E-state index contributed by atoms with van der Waals surface area (Å²) in [5.74, 6) is -1.57. The van der Waals surface area contributed by atoms with Crippen molar-refractivity contribution < 1.29 is 18.0 Å². The maximum atomic E-state index is 13.1. The monoisotopic (exact) mass is 483 g/mol. The molecular formula is C21H23Cl2N3O4S. The zero-order valence-electron chi connectivity index (χ0n) is 16.7. The second-order valence-electron chi connectivity index (χ2n) is 7.22. The fourth-order valence-electron chi connectivity index (χ4n) is 3.47. The summed E-state index contributed by atoms with van der Waals surface area (Å²) in [5, 5.41) is 6.04. The molecule has 0 bridgehead atoms. The standard InChI is InChI=1S/C21H23Cl2N3O4S/c22-15-4-8-17(9-5-15)25-21(28)20(27)24-13-12-18-3-1-2-14-26(18)31(29,30)19-10-6-16(23)7-11-19/h4-11,18H,1-3,12-14H2,(H,24,27)(H,25,28). The number of nitrogens with one attached hydrogen (secondary N) is 2. The number of carbonyl (C=O) groups is 2. The van der Waals surface area contributed by atoms with E-state index < -0.39 is 21.8 Å². The van der Waals surface area contributed by atoms with E-state index in [0.717, 1.165) is 12.8 Å². The van der Waals surface area contributed by atoms with Gasteiger partial charge in [0.1, 0.15) is 0 Å². The van der Waals surface area contributed by atoms with Crippen LogP contribution in [0.1, 0.15) is 25.7 Å². The average Bonchev–Trinajstić information content (AvgIpc) is 2.76. The Balaban J connectivity index is 1.56. The van der Waals surface area contributed by atoms with Gasteiger partial charge >= 0.3 is 11.8 Å². The quantitative estimate of drug-likeness (QED) is 0.612. The zero-order valence-corrected chi connectivity index (χ0v) is 19.0. The molecule has 2 aromatic rings. The molecule has 1 aliphatic heterocycles. The van der Waals surface area contributed by atoms with Crippen molar-refractivity contribution in [1.29, 1.82) is 0 Å². The number of benzene rings is 2. The number of piperidine rings is 1. The van der Waals surface area contributed by atoms with Crippen molar-refractivity contribution in [3.63, 3.8) is 0 Å². The minimum Gasteiger partial charge on any atom is -0.348 e. The van der Waals surface area contributed by atoms with Crippen LogP contribution >= 0.6 is 23.2 Å². The lowest BCUT2D eigenvalue weighted by Crippen LogP contribution is -2.45. The molecule has 2 amide bonds. The third-order valence-corrected chi connectivity index (χ3v) is 7.53. The minimum absolute atomic E-state index is 0.185. The normalized spacial score (nSPS) is 17.2. The molecule has 7 nitrogen and oxygen atoms in total. The number of carbonyl (C=O) groups excluding carboxylic acids is 2. The Bertz CT molecular complexity index is 1030. The number of anilines is 1. The lowest BCUT2D eigenvalue weighted by atomic mass is 10.0. The molecule has 1 saturated heterocycles. The molecule has 10 heteroatoms. The summed E-state index contributed by atoms with van der Waals surface area (Å²) >= 11 is 11.7. The number of nitrogens with zero attached hydrogens (tertiary/aromatic N) is 1. The van der Waals surface area contributed by atoms with Crippen LogP contribution in [0, 0.1) is 0 Å². The molecule has 1 unspecified atom stereocenters. The fraction of sp³-hybridized carbons (Fsp3) is 0.333. The predicted octanol–water partition coefficient (Wildman–Crippen LogP) is 3.68. The number of halogens is 2. The third-order valence-electron chi connectivity index (χ3n) is 5.06. The van der Waals surface area contributed by atoms with E-state index in [1.54, 1.807) is 36.4 Å². The van der Waals surface area contributed by atoms with Crippen molar-refractivity contribution in [3.05, 3.63) is 58.6 Å². The minimum atomic E-state index is -3.67. The lowest BCUT2D eigenvalue weighted by molar-refractivity contribution is -0.136. The molecule has 1 atom stereocenters. The summed E-state index contributed by atoms with van der Waals surface area (Å²) < 4.78 is 27.6. The Kier molecular flexibility index (Phi) is 7.94. The molecular weight excluding hydrogens is 461 g/mol. The topological polar surface area (TPSA) is 95.6 Å². The van der Waals surface area contributed by atoms with E-state index in [-0.39, 0.29) is 17.5 Å². The highest BCUT2D eigenvalue weighted by atomic mass is 35.5. The van der Waals surface area contributed by atoms with E-state index in [4.69, 9.17) is 23.2 Å². The molecule has 166 valence electrons. The van der Waals surface area contributed by atoms with Crippen LogP contribution in [0.4, 0.5) is 5.69 Å². The molecule has 31 heavy (non-hydrogen) atoms. The highest BCUT2D eigenvalue weighted by Crippen LogP contribution is 2.27. The van der Waals surface area contributed by atoms with Gasteiger partial charge in [-0.05, 0) is 67.8 Å². The van der Waals surface area contributed by atoms with Gasteiger partial charge in [0, 0.05) is 34.9 Å². The largest absolute Gasteiger partial charge is 0.348 e. The molecule has 1 heterocycles. The summed E-state index contributed by atoms with van der Waals surface area (Å²) in [7, 11) is -3.67. The maximum Gasteiger partial charge on any atom is 0.313 e. The summed E-state index contributed by atoms with van der Waals surface area (Å²) in [4.78, 5) is 24.3. The molecule has 0 radical (unpaired) electrons. The van der Waals surface area contributed by atoms with Crippen molar-refractivity contribution >= 4 is 50.7 Å². The highest BCUT2D eigenvalue weighted by Gasteiger charge is 2.33. The zero-order chi connectivity index (χ0) is 22.4. The Labute approximate surface area is 191 Å². The molecule has 0 aromatic heterocycles. The Hall–Kier alpha value is -2.13. The summed E-state index contributed by atoms with van der Waals surface area (Å²) in [6.45, 7) is 0.602. The van der Waals surface area contributed by atoms with E-state index in [2.05, 4.69) is 10.6 Å². The van der Waals surface area contributed by atoms with E-state index >= 15 is 0 Å². The molecule has 1 fully saturated rings. The molecule has 3 rings (SSSR count). The van der Waals surface area contributed by atoms with Gasteiger partial charge in [-0.25, -0.2) is 8.42 Å². The molecule has 1 aliphatic rings. The van der Waals surface area contributed by atoms with Gasteiger partial charge in [0.25, 0.3) is 0 Å². The van der Waals surface area contributed by atoms with E-state index in [0.29, 0.717) is 35.1 Å². The van der Waals surface area contributed by atoms with Crippen LogP contribution in [0.2, 0.25) is 10.0 Å². The number of rotatable bonds is 6. The average molecular weight is 484 g/mol. The van der Waals surface area contributed by atoms with Crippen LogP contribution in [-0.4, -0.2) is 43.7 Å². The van der Waals surface area contributed by atoms with Gasteiger partial charge in [-0.15, -0.1) is 0 Å². The Morgan fingerprint density at radius 2 is 1.55 bits per heavy atom. The van der Waals surface area contributed by atoms with Crippen molar-refractivity contribution in [2.75, 3.05) is 18.4 Å². The number of amides is 2. The van der Waals surface area contributed by atoms with E-state index in [9.17, 15) is 18.0 Å². The molecule has 0 spiro atoms. The first-order valence-corrected chi connectivity index (χ1v) is 12.1. The SMILES string of the molecule is O=C(NCCC1CCCCN1S(=O)(=O)c1ccc(Cl)cc1)C(=O)Nc1ccc(Cl)cc1. The van der Waals surface area contributed by atoms with Gasteiger partial charge in [0.05, 0.1) is 4.90 Å². The van der Waals surface area contributed by atoms with Crippen molar-refractivity contribution in [2.24, 2.45) is 0 Å². The first kappa shape index (κ1) is 23.5. The number of hydrogen-bond donors (Lipinski definition) is 2. The Morgan fingerprint density at radius 3 is 2.19 bits per heavy atom. The highest BCUT2D eigenvalue weighted by molar-refractivity contribution is 7.89. The second kappa shape index (κ2) is 10.5. The smallest absolute Gasteiger partial charge is 0.313 e. The van der Waals surface area contributed by atoms with Gasteiger partial charge < -0.3 is 10.6 Å². The molecule has 0 aliphatic carbocycles. The fourth-order valence-corrected chi connectivity index (χ4v) is 5.45. The summed E-state index contributed by atoms with van der Waals surface area (Å²) in [6, 6.07) is 12.2. The summed E-state index contributed by atoms with van der Waals surface area (Å²) in [6.07, 6.45) is 2.79. The van der Waals surface area contributed by atoms with Crippen molar-refractivity contribution in [2.45, 2.75) is 36.6 Å². The van der Waals surface area contributed by atoms with Gasteiger partial charge in [-0.1, -0.05) is 29.6 Å². The lowest BCUT2D eigenvalue weighted by Gasteiger charge is -2.34. The first-order valence-electron chi connectivity index (χ1n) is 9.89. The van der Waals surface area contributed by atoms with E-state index in [1.165, 1.54) is 16.4 Å². The molecule has 2 aromatic carbocycles.